The third-order valence-corrected chi connectivity index (χ3v) is 4.38. The molecule has 1 nitrogen and oxygen atoms in total. The van der Waals surface area contributed by atoms with Crippen molar-refractivity contribution >= 4 is 29.3 Å². The summed E-state index contributed by atoms with van der Waals surface area (Å²) in [5.41, 5.74) is 2.54. The third-order valence-electron chi connectivity index (χ3n) is 3.81. The summed E-state index contributed by atoms with van der Waals surface area (Å²) in [4.78, 5) is 0. The van der Waals surface area contributed by atoms with Crippen molar-refractivity contribution in [2.75, 3.05) is 13.6 Å². The second kappa shape index (κ2) is 7.33. The van der Waals surface area contributed by atoms with Gasteiger partial charge < -0.3 is 5.32 Å². The second-order valence-electron chi connectivity index (χ2n) is 5.25. The van der Waals surface area contributed by atoms with Gasteiger partial charge in [0.2, 0.25) is 0 Å². The van der Waals surface area contributed by atoms with Crippen LogP contribution in [0, 0.1) is 5.92 Å². The molecule has 2 rings (SSSR count). The number of hydrogen-bond acceptors (Lipinski definition) is 1. The van der Waals surface area contributed by atoms with Gasteiger partial charge in [-0.25, -0.2) is 0 Å². The highest BCUT2D eigenvalue weighted by Gasteiger charge is 2.17. The van der Waals surface area contributed by atoms with Crippen LogP contribution in [0.5, 0.6) is 0 Å². The standard InChI is InChI=1S/C16H21Cl2N/c1-19-11-14(12-5-3-2-4-6-12)9-13-7-8-15(17)10-16(13)18/h7-10,12,19H,2-6,11H2,1H3. The molecular weight excluding hydrogens is 277 g/mol. The number of halogens is 2. The van der Waals surface area contributed by atoms with Crippen LogP contribution in [-0.2, 0) is 0 Å². The van der Waals surface area contributed by atoms with Crippen molar-refractivity contribution < 1.29 is 0 Å². The summed E-state index contributed by atoms with van der Waals surface area (Å²) in [5.74, 6) is 0.702. The molecule has 0 radical (unpaired) electrons. The zero-order valence-electron chi connectivity index (χ0n) is 11.4. The summed E-state index contributed by atoms with van der Waals surface area (Å²) in [6.45, 7) is 0.934. The van der Waals surface area contributed by atoms with Crippen molar-refractivity contribution in [1.29, 1.82) is 0 Å². The highest BCUT2D eigenvalue weighted by atomic mass is 35.5. The molecule has 0 atom stereocenters. The lowest BCUT2D eigenvalue weighted by Gasteiger charge is -2.24. The summed E-state index contributed by atoms with van der Waals surface area (Å²) in [5, 5.41) is 4.70. The number of likely N-dealkylation sites (N-methyl/N-ethyl adjacent to an activating group) is 1. The molecule has 104 valence electrons. The van der Waals surface area contributed by atoms with Gasteiger partial charge in [-0.2, -0.15) is 0 Å². The predicted octanol–water partition coefficient (Wildman–Crippen LogP) is 5.18. The predicted molar refractivity (Wildman–Crippen MR) is 84.9 cm³/mol. The van der Waals surface area contributed by atoms with E-state index in [9.17, 15) is 0 Å². The zero-order valence-corrected chi connectivity index (χ0v) is 12.9. The minimum atomic E-state index is 0.690. The van der Waals surface area contributed by atoms with Gasteiger partial charge in [-0.15, -0.1) is 0 Å². The molecule has 0 aromatic heterocycles. The molecule has 0 unspecified atom stereocenters. The molecule has 0 saturated heterocycles. The van der Waals surface area contributed by atoms with Crippen LogP contribution in [-0.4, -0.2) is 13.6 Å². The summed E-state index contributed by atoms with van der Waals surface area (Å²) >= 11 is 12.2. The van der Waals surface area contributed by atoms with Crippen molar-refractivity contribution in [2.24, 2.45) is 5.92 Å². The summed E-state index contributed by atoms with van der Waals surface area (Å²) in [6.07, 6.45) is 8.92. The van der Waals surface area contributed by atoms with E-state index in [4.69, 9.17) is 23.2 Å². The fourth-order valence-electron chi connectivity index (χ4n) is 2.81. The van der Waals surface area contributed by atoms with Crippen LogP contribution >= 0.6 is 23.2 Å². The molecule has 0 heterocycles. The zero-order chi connectivity index (χ0) is 13.7. The van der Waals surface area contributed by atoms with Crippen LogP contribution in [0.2, 0.25) is 10.0 Å². The Morgan fingerprint density at radius 2 is 2.00 bits per heavy atom. The minimum absolute atomic E-state index is 0.690. The van der Waals surface area contributed by atoms with Crippen molar-refractivity contribution in [3.05, 3.63) is 39.4 Å². The second-order valence-corrected chi connectivity index (χ2v) is 6.09. The Balaban J connectivity index is 2.23. The lowest BCUT2D eigenvalue weighted by atomic mass is 9.83. The quantitative estimate of drug-likeness (QED) is 0.808. The van der Waals surface area contributed by atoms with Crippen LogP contribution in [0.4, 0.5) is 0 Å². The molecule has 1 aliphatic carbocycles. The van der Waals surface area contributed by atoms with E-state index >= 15 is 0 Å². The molecule has 1 aromatic carbocycles. The maximum atomic E-state index is 6.26. The Labute approximate surface area is 126 Å². The molecular formula is C16H21Cl2N. The first-order chi connectivity index (χ1) is 9.20. The van der Waals surface area contributed by atoms with Crippen LogP contribution < -0.4 is 5.32 Å². The fraction of sp³-hybridized carbons (Fsp3) is 0.500. The first-order valence-electron chi connectivity index (χ1n) is 7.01. The van der Waals surface area contributed by atoms with E-state index in [2.05, 4.69) is 11.4 Å². The Kier molecular flexibility index (Phi) is 5.75. The summed E-state index contributed by atoms with van der Waals surface area (Å²) in [7, 11) is 2.00. The van der Waals surface area contributed by atoms with Gasteiger partial charge in [-0.1, -0.05) is 60.2 Å². The van der Waals surface area contributed by atoms with E-state index in [1.807, 2.05) is 25.2 Å². The van der Waals surface area contributed by atoms with Crippen molar-refractivity contribution in [1.82, 2.24) is 5.32 Å². The van der Waals surface area contributed by atoms with Gasteiger partial charge in [0.25, 0.3) is 0 Å². The Morgan fingerprint density at radius 3 is 2.63 bits per heavy atom. The van der Waals surface area contributed by atoms with Crippen molar-refractivity contribution in [2.45, 2.75) is 32.1 Å². The molecule has 1 saturated carbocycles. The van der Waals surface area contributed by atoms with Gasteiger partial charge in [0.05, 0.1) is 0 Å². The maximum Gasteiger partial charge on any atom is 0.0493 e. The molecule has 0 aliphatic heterocycles. The number of benzene rings is 1. The van der Waals surface area contributed by atoms with Gasteiger partial charge in [-0.3, -0.25) is 0 Å². The molecule has 0 amide bonds. The Morgan fingerprint density at radius 1 is 1.26 bits per heavy atom. The first-order valence-corrected chi connectivity index (χ1v) is 7.76. The molecule has 1 fully saturated rings. The topological polar surface area (TPSA) is 12.0 Å². The lowest BCUT2D eigenvalue weighted by Crippen LogP contribution is -2.19. The molecule has 19 heavy (non-hydrogen) atoms. The first kappa shape index (κ1) is 14.9. The van der Waals surface area contributed by atoms with E-state index in [1.165, 1.54) is 37.7 Å². The fourth-order valence-corrected chi connectivity index (χ4v) is 3.27. The maximum absolute atomic E-state index is 6.26. The SMILES string of the molecule is CNCC(=Cc1ccc(Cl)cc1Cl)C1CCCCC1. The van der Waals surface area contributed by atoms with E-state index < -0.39 is 0 Å². The molecule has 3 heteroatoms. The third kappa shape index (κ3) is 4.24. The largest absolute Gasteiger partial charge is 0.316 e. The van der Waals surface area contributed by atoms with E-state index in [1.54, 1.807) is 0 Å². The normalized spacial score (nSPS) is 17.7. The summed E-state index contributed by atoms with van der Waals surface area (Å²) < 4.78 is 0. The van der Waals surface area contributed by atoms with Gasteiger partial charge >= 0.3 is 0 Å². The van der Waals surface area contributed by atoms with Gasteiger partial charge in [0, 0.05) is 16.6 Å². The van der Waals surface area contributed by atoms with E-state index in [0.29, 0.717) is 10.9 Å². The average Bonchev–Trinajstić information content (AvgIpc) is 2.42. The molecule has 1 N–H and O–H groups in total. The number of nitrogens with one attached hydrogen (secondary N) is 1. The monoisotopic (exact) mass is 297 g/mol. The van der Waals surface area contributed by atoms with Crippen LogP contribution in [0.25, 0.3) is 6.08 Å². The molecule has 0 bridgehead atoms. The van der Waals surface area contributed by atoms with Gasteiger partial charge in [-0.05, 0) is 43.5 Å². The smallest absolute Gasteiger partial charge is 0.0493 e. The Bertz CT molecular complexity index is 448. The number of rotatable bonds is 4. The lowest BCUT2D eigenvalue weighted by molar-refractivity contribution is 0.398. The van der Waals surface area contributed by atoms with Crippen LogP contribution in [0.15, 0.2) is 23.8 Å². The highest BCUT2D eigenvalue weighted by molar-refractivity contribution is 6.35. The molecule has 0 spiro atoms. The number of hydrogen-bond donors (Lipinski definition) is 1. The molecule has 1 aliphatic rings. The van der Waals surface area contributed by atoms with Crippen LogP contribution in [0.3, 0.4) is 0 Å². The average molecular weight is 298 g/mol. The van der Waals surface area contributed by atoms with E-state index in [-0.39, 0.29) is 0 Å². The molecule has 1 aromatic rings. The Hall–Kier alpha value is -0.500. The van der Waals surface area contributed by atoms with Crippen molar-refractivity contribution in [3.8, 4) is 0 Å². The highest BCUT2D eigenvalue weighted by Crippen LogP contribution is 2.32. The van der Waals surface area contributed by atoms with Gasteiger partial charge in [0.1, 0.15) is 0 Å². The van der Waals surface area contributed by atoms with Crippen LogP contribution in [0.1, 0.15) is 37.7 Å². The minimum Gasteiger partial charge on any atom is -0.316 e. The van der Waals surface area contributed by atoms with Gasteiger partial charge in [0.15, 0.2) is 0 Å². The van der Waals surface area contributed by atoms with Crippen molar-refractivity contribution in [3.63, 3.8) is 0 Å². The van der Waals surface area contributed by atoms with E-state index in [0.717, 1.165) is 17.1 Å². The summed E-state index contributed by atoms with van der Waals surface area (Å²) in [6, 6.07) is 5.72.